The molecule has 7 rings (SSSR count). The number of ether oxygens (including phenoxy) is 1. The molecule has 176 valence electrons. The van der Waals surface area contributed by atoms with Crippen LogP contribution in [-0.4, -0.2) is 29.2 Å². The van der Waals surface area contributed by atoms with Crippen LogP contribution in [0.5, 0.6) is 0 Å². The minimum absolute atomic E-state index is 0.0721. The molecule has 0 radical (unpaired) electrons. The number of carbonyl (C=O) groups excluding carboxylic acids is 3. The van der Waals surface area contributed by atoms with Crippen LogP contribution in [0.25, 0.3) is 0 Å². The normalized spacial score (nSPS) is 27.9. The lowest BCUT2D eigenvalue weighted by molar-refractivity contribution is -0.153. The Bertz CT molecular complexity index is 1300. The van der Waals surface area contributed by atoms with E-state index < -0.39 is 45.9 Å². The molecule has 3 aromatic carbocycles. The minimum atomic E-state index is -1.28. The summed E-state index contributed by atoms with van der Waals surface area (Å²) in [5.41, 5.74) is 3.46. The predicted molar refractivity (Wildman–Crippen MR) is 131 cm³/mol. The first-order chi connectivity index (χ1) is 16.8. The van der Waals surface area contributed by atoms with Crippen LogP contribution in [0, 0.1) is 11.8 Å². The van der Waals surface area contributed by atoms with Gasteiger partial charge in [0.2, 0.25) is 11.8 Å². The van der Waals surface area contributed by atoms with Crippen LogP contribution in [0.2, 0.25) is 5.02 Å². The maximum Gasteiger partial charge on any atom is 0.326 e. The van der Waals surface area contributed by atoms with Crippen molar-refractivity contribution in [2.24, 2.45) is 11.8 Å². The molecule has 5 nitrogen and oxygen atoms in total. The Balaban J connectivity index is 1.36. The van der Waals surface area contributed by atoms with E-state index in [4.69, 9.17) is 39.5 Å². The molecule has 3 aliphatic carbocycles. The van der Waals surface area contributed by atoms with Crippen molar-refractivity contribution >= 4 is 52.6 Å². The van der Waals surface area contributed by atoms with Gasteiger partial charge in [-0.15, -0.1) is 23.2 Å². The zero-order valence-corrected chi connectivity index (χ0v) is 20.5. The maximum absolute atomic E-state index is 13.7. The van der Waals surface area contributed by atoms with Crippen LogP contribution in [0.1, 0.15) is 27.8 Å². The molecule has 2 atom stereocenters. The van der Waals surface area contributed by atoms with Gasteiger partial charge in [0.05, 0.1) is 11.8 Å². The highest BCUT2D eigenvalue weighted by atomic mass is 35.5. The zero-order chi connectivity index (χ0) is 24.5. The third-order valence-corrected chi connectivity index (χ3v) is 8.96. The number of carbonyl (C=O) groups is 3. The highest BCUT2D eigenvalue weighted by Gasteiger charge is 2.73. The first kappa shape index (κ1) is 22.6. The Kier molecular flexibility index (Phi) is 5.05. The van der Waals surface area contributed by atoms with Crippen molar-refractivity contribution in [3.05, 3.63) is 106 Å². The number of hydrogen-bond acceptors (Lipinski definition) is 4. The number of halogens is 3. The van der Waals surface area contributed by atoms with Crippen molar-refractivity contribution in [1.82, 2.24) is 4.90 Å². The lowest BCUT2D eigenvalue weighted by atomic mass is 9.54. The second-order valence-corrected chi connectivity index (χ2v) is 10.6. The van der Waals surface area contributed by atoms with Crippen LogP contribution >= 0.6 is 34.8 Å². The highest BCUT2D eigenvalue weighted by Crippen LogP contribution is 2.69. The number of benzene rings is 3. The summed E-state index contributed by atoms with van der Waals surface area (Å²) in [7, 11) is 0. The summed E-state index contributed by atoms with van der Waals surface area (Å²) in [4.78, 5) is 38.5. The molecular weight excluding hydrogens is 509 g/mol. The summed E-state index contributed by atoms with van der Waals surface area (Å²) in [6, 6.07) is 21.7. The van der Waals surface area contributed by atoms with E-state index in [2.05, 4.69) is 0 Å². The van der Waals surface area contributed by atoms with Gasteiger partial charge < -0.3 is 4.74 Å². The van der Waals surface area contributed by atoms with Gasteiger partial charge in [-0.05, 0) is 28.3 Å². The summed E-state index contributed by atoms with van der Waals surface area (Å²) >= 11 is 20.8. The molecule has 3 aromatic rings. The van der Waals surface area contributed by atoms with Crippen molar-refractivity contribution in [1.29, 1.82) is 0 Å². The van der Waals surface area contributed by atoms with E-state index in [0.717, 1.165) is 4.90 Å². The molecule has 0 N–H and O–H groups in total. The fourth-order valence-electron chi connectivity index (χ4n) is 5.83. The van der Waals surface area contributed by atoms with E-state index in [1.54, 1.807) is 24.3 Å². The molecule has 35 heavy (non-hydrogen) atoms. The summed E-state index contributed by atoms with van der Waals surface area (Å²) in [6.45, 7) is -0.598. The van der Waals surface area contributed by atoms with Gasteiger partial charge in [-0.2, -0.15) is 0 Å². The first-order valence-corrected chi connectivity index (χ1v) is 12.2. The lowest BCUT2D eigenvalue weighted by Gasteiger charge is -2.54. The molecule has 1 saturated heterocycles. The number of imide groups is 1. The molecule has 1 aliphatic heterocycles. The van der Waals surface area contributed by atoms with Crippen molar-refractivity contribution in [3.8, 4) is 0 Å². The molecular formula is C27H18Cl3NO4. The third kappa shape index (κ3) is 2.92. The zero-order valence-electron chi connectivity index (χ0n) is 18.2. The molecule has 4 aliphatic rings. The van der Waals surface area contributed by atoms with Gasteiger partial charge in [0.1, 0.15) is 22.9 Å². The standard InChI is InChI=1S/C27H18Cl3NO4/c28-20-12-6-1-7-15(20)14-35-21(32)13-31-24(33)22-23(25(31)34)27(30)17-9-3-2-8-16(17)26(22,29)18-10-4-5-11-19(18)27/h1-12,22-23H,13-14H2/t22-,23+,26?,27?. The van der Waals surface area contributed by atoms with Crippen LogP contribution in [-0.2, 0) is 35.5 Å². The van der Waals surface area contributed by atoms with Gasteiger partial charge in [-0.3, -0.25) is 19.3 Å². The Hall–Kier alpha value is -2.86. The number of likely N-dealkylation sites (tertiary alicyclic amines) is 1. The Morgan fingerprint density at radius 3 is 1.66 bits per heavy atom. The van der Waals surface area contributed by atoms with Gasteiger partial charge in [0, 0.05) is 10.6 Å². The lowest BCUT2D eigenvalue weighted by Crippen LogP contribution is -2.57. The number of hydrogen-bond donors (Lipinski definition) is 0. The molecule has 0 saturated carbocycles. The maximum atomic E-state index is 13.7. The average Bonchev–Trinajstić information content (AvgIpc) is 3.13. The number of alkyl halides is 2. The summed E-state index contributed by atoms with van der Waals surface area (Å²) < 4.78 is 5.33. The van der Waals surface area contributed by atoms with E-state index in [0.29, 0.717) is 32.8 Å². The summed E-state index contributed by atoms with van der Waals surface area (Å²) in [6.07, 6.45) is 0. The molecule has 8 heteroatoms. The van der Waals surface area contributed by atoms with E-state index in [-0.39, 0.29) is 6.61 Å². The quantitative estimate of drug-likeness (QED) is 0.273. The van der Waals surface area contributed by atoms with E-state index in [1.165, 1.54) is 0 Å². The predicted octanol–water partition coefficient (Wildman–Crippen LogP) is 4.98. The van der Waals surface area contributed by atoms with Crippen molar-refractivity contribution in [3.63, 3.8) is 0 Å². The first-order valence-electron chi connectivity index (χ1n) is 11.1. The number of esters is 1. The van der Waals surface area contributed by atoms with Crippen molar-refractivity contribution in [2.45, 2.75) is 16.4 Å². The summed E-state index contributed by atoms with van der Waals surface area (Å²) in [5, 5.41) is 0.458. The highest BCUT2D eigenvalue weighted by molar-refractivity contribution is 6.36. The molecule has 0 unspecified atom stereocenters. The average molecular weight is 527 g/mol. The van der Waals surface area contributed by atoms with Gasteiger partial charge in [0.25, 0.3) is 0 Å². The van der Waals surface area contributed by atoms with Gasteiger partial charge in [-0.25, -0.2) is 0 Å². The topological polar surface area (TPSA) is 63.7 Å². The number of rotatable bonds is 4. The van der Waals surface area contributed by atoms with Gasteiger partial charge >= 0.3 is 5.97 Å². The molecule has 0 aromatic heterocycles. The minimum Gasteiger partial charge on any atom is -0.459 e. The third-order valence-electron chi connectivity index (χ3n) is 7.31. The van der Waals surface area contributed by atoms with Gasteiger partial charge in [-0.1, -0.05) is 78.3 Å². The Morgan fingerprint density at radius 2 is 1.20 bits per heavy atom. The van der Waals surface area contributed by atoms with E-state index in [1.807, 2.05) is 48.5 Å². The smallest absolute Gasteiger partial charge is 0.326 e. The molecule has 2 amide bonds. The monoisotopic (exact) mass is 525 g/mol. The number of amides is 2. The second-order valence-electron chi connectivity index (χ2n) is 8.98. The number of nitrogens with zero attached hydrogens (tertiary/aromatic N) is 1. The van der Waals surface area contributed by atoms with Crippen LogP contribution in [0.4, 0.5) is 0 Å². The SMILES string of the molecule is O=C(CN1C(=O)[C@@H]2[C@H](C1=O)C1(Cl)c3ccccc3C2(Cl)c2ccccc21)OCc1ccccc1Cl. The van der Waals surface area contributed by atoms with Crippen LogP contribution in [0.3, 0.4) is 0 Å². The van der Waals surface area contributed by atoms with E-state index in [9.17, 15) is 14.4 Å². The van der Waals surface area contributed by atoms with Crippen LogP contribution < -0.4 is 0 Å². The van der Waals surface area contributed by atoms with E-state index >= 15 is 0 Å². The summed E-state index contributed by atoms with van der Waals surface area (Å²) in [5.74, 6) is -3.68. The van der Waals surface area contributed by atoms with Gasteiger partial charge in [0.15, 0.2) is 0 Å². The largest absolute Gasteiger partial charge is 0.459 e. The molecule has 0 spiro atoms. The van der Waals surface area contributed by atoms with Crippen LogP contribution in [0.15, 0.2) is 72.8 Å². The molecule has 1 fully saturated rings. The second kappa shape index (κ2) is 7.82. The molecule has 1 heterocycles. The Morgan fingerprint density at radius 1 is 0.771 bits per heavy atom. The fraction of sp³-hybridized carbons (Fsp3) is 0.222. The Labute approximate surface area is 216 Å². The van der Waals surface area contributed by atoms with Crippen molar-refractivity contribution in [2.75, 3.05) is 6.54 Å². The molecule has 2 bridgehead atoms. The fourth-order valence-corrected chi connectivity index (χ4v) is 7.12. The van der Waals surface area contributed by atoms with Crippen molar-refractivity contribution < 1.29 is 19.1 Å².